The molecule has 25 heavy (non-hydrogen) atoms. The van der Waals surface area contributed by atoms with Gasteiger partial charge in [-0.2, -0.15) is 24.0 Å². The van der Waals surface area contributed by atoms with Crippen molar-refractivity contribution < 1.29 is 13.2 Å². The molecule has 2 aromatic rings. The molecular formula is C18H15F3N4. The summed E-state index contributed by atoms with van der Waals surface area (Å²) in [5.41, 5.74) is 9.29. The monoisotopic (exact) mass is 344 g/mol. The Morgan fingerprint density at radius 1 is 1.00 bits per heavy atom. The fourth-order valence-electron chi connectivity index (χ4n) is 2.65. The summed E-state index contributed by atoms with van der Waals surface area (Å²) in [6.45, 7) is 0. The van der Waals surface area contributed by atoms with Gasteiger partial charge in [0.05, 0.1) is 17.7 Å². The summed E-state index contributed by atoms with van der Waals surface area (Å²) in [6.07, 6.45) is -0.874. The number of nitrogens with zero attached hydrogens (tertiary/aromatic N) is 1. The second kappa shape index (κ2) is 7.07. The molecule has 0 amide bonds. The summed E-state index contributed by atoms with van der Waals surface area (Å²) in [6, 6.07) is 13.7. The number of rotatable bonds is 3. The van der Waals surface area contributed by atoms with Crippen molar-refractivity contribution in [2.45, 2.75) is 18.3 Å². The molecule has 0 radical (unpaired) electrons. The lowest BCUT2D eigenvalue weighted by Crippen LogP contribution is -2.32. The molecule has 1 aliphatic heterocycles. The van der Waals surface area contributed by atoms with Gasteiger partial charge in [-0.25, -0.2) is 10.9 Å². The van der Waals surface area contributed by atoms with Crippen LogP contribution in [-0.2, 0) is 6.18 Å². The van der Waals surface area contributed by atoms with Crippen molar-refractivity contribution in [3.05, 3.63) is 70.8 Å². The lowest BCUT2D eigenvalue weighted by molar-refractivity contribution is -0.137. The highest BCUT2D eigenvalue weighted by Crippen LogP contribution is 2.34. The fourth-order valence-corrected chi connectivity index (χ4v) is 2.65. The molecule has 0 saturated carbocycles. The molecule has 128 valence electrons. The predicted molar refractivity (Wildman–Crippen MR) is 88.4 cm³/mol. The van der Waals surface area contributed by atoms with Crippen molar-refractivity contribution in [3.8, 4) is 6.07 Å². The first kappa shape index (κ1) is 17.2. The lowest BCUT2D eigenvalue weighted by Gasteiger charge is -2.18. The Kier molecular flexibility index (Phi) is 4.86. The van der Waals surface area contributed by atoms with Gasteiger partial charge in [0.15, 0.2) is 0 Å². The van der Waals surface area contributed by atoms with Crippen LogP contribution < -0.4 is 16.4 Å². The Labute approximate surface area is 142 Å². The van der Waals surface area contributed by atoms with Gasteiger partial charge in [-0.3, -0.25) is 0 Å². The maximum atomic E-state index is 13.1. The first-order valence-corrected chi connectivity index (χ1v) is 7.59. The zero-order chi connectivity index (χ0) is 17.9. The summed E-state index contributed by atoms with van der Waals surface area (Å²) < 4.78 is 39.2. The van der Waals surface area contributed by atoms with Crippen molar-refractivity contribution in [2.24, 2.45) is 0 Å². The Morgan fingerprint density at radius 2 is 1.76 bits per heavy atom. The summed E-state index contributed by atoms with van der Waals surface area (Å²) in [7, 11) is 0. The SMILES string of the molecule is N#CC1NNNC1c1cc(C(F)(F)F)ccc1/C=C/c1ccccc1. The molecule has 0 aromatic heterocycles. The summed E-state index contributed by atoms with van der Waals surface area (Å²) in [5, 5.41) is 9.19. The van der Waals surface area contributed by atoms with Gasteiger partial charge < -0.3 is 0 Å². The molecule has 2 atom stereocenters. The molecule has 0 bridgehead atoms. The highest BCUT2D eigenvalue weighted by molar-refractivity contribution is 5.71. The van der Waals surface area contributed by atoms with E-state index in [0.717, 1.165) is 17.7 Å². The minimum absolute atomic E-state index is 0.394. The number of alkyl halides is 3. The minimum Gasteiger partial charge on any atom is -0.234 e. The zero-order valence-corrected chi connectivity index (χ0v) is 13.0. The van der Waals surface area contributed by atoms with Crippen molar-refractivity contribution in [1.29, 1.82) is 5.26 Å². The Hall–Kier alpha value is -2.66. The van der Waals surface area contributed by atoms with Crippen LogP contribution in [0.1, 0.15) is 28.3 Å². The van der Waals surface area contributed by atoms with E-state index in [9.17, 15) is 18.4 Å². The molecule has 0 spiro atoms. The zero-order valence-electron chi connectivity index (χ0n) is 13.0. The van der Waals surface area contributed by atoms with Gasteiger partial charge >= 0.3 is 6.18 Å². The van der Waals surface area contributed by atoms with E-state index >= 15 is 0 Å². The molecule has 1 fully saturated rings. The Balaban J connectivity index is 2.02. The molecule has 3 N–H and O–H groups in total. The number of hydrogen-bond acceptors (Lipinski definition) is 4. The molecule has 0 aliphatic carbocycles. The quantitative estimate of drug-likeness (QED) is 0.747. The molecule has 3 rings (SSSR count). The third kappa shape index (κ3) is 3.88. The standard InChI is InChI=1S/C18H15F3N4/c19-18(20,21)14-9-8-13(7-6-12-4-2-1-3-5-12)15(10-14)17-16(11-22)23-25-24-17/h1-10,16-17,23-25H/b7-6+. The van der Waals surface area contributed by atoms with Gasteiger partial charge in [-0.1, -0.05) is 48.6 Å². The van der Waals surface area contributed by atoms with Gasteiger partial charge in [0.1, 0.15) is 6.04 Å². The summed E-state index contributed by atoms with van der Waals surface area (Å²) in [4.78, 5) is 0. The van der Waals surface area contributed by atoms with E-state index in [1.165, 1.54) is 6.07 Å². The molecule has 1 heterocycles. The van der Waals surface area contributed by atoms with Crippen LogP contribution in [0, 0.1) is 11.3 Å². The molecule has 2 aromatic carbocycles. The van der Waals surface area contributed by atoms with Gasteiger partial charge in [0.25, 0.3) is 0 Å². The van der Waals surface area contributed by atoms with Crippen LogP contribution in [0.3, 0.4) is 0 Å². The van der Waals surface area contributed by atoms with Gasteiger partial charge in [0.2, 0.25) is 0 Å². The topological polar surface area (TPSA) is 59.9 Å². The highest BCUT2D eigenvalue weighted by Gasteiger charge is 2.34. The van der Waals surface area contributed by atoms with Gasteiger partial charge in [-0.15, -0.1) is 0 Å². The molecule has 2 unspecified atom stereocenters. The van der Waals surface area contributed by atoms with Crippen LogP contribution in [0.5, 0.6) is 0 Å². The van der Waals surface area contributed by atoms with Crippen molar-refractivity contribution in [1.82, 2.24) is 16.4 Å². The maximum Gasteiger partial charge on any atom is 0.416 e. The van der Waals surface area contributed by atoms with Crippen molar-refractivity contribution >= 4 is 12.2 Å². The molecular weight excluding hydrogens is 329 g/mol. The fraction of sp³-hybridized carbons (Fsp3) is 0.167. The first-order chi connectivity index (χ1) is 12.0. The number of hydrogen-bond donors (Lipinski definition) is 3. The number of hydrazine groups is 2. The van der Waals surface area contributed by atoms with Crippen LogP contribution >= 0.6 is 0 Å². The number of halogens is 3. The third-order valence-corrected chi connectivity index (χ3v) is 3.93. The highest BCUT2D eigenvalue weighted by atomic mass is 19.4. The molecule has 1 aliphatic rings. The van der Waals surface area contributed by atoms with Crippen LogP contribution in [0.15, 0.2) is 48.5 Å². The second-order valence-corrected chi connectivity index (χ2v) is 5.58. The Bertz CT molecular complexity index is 809. The van der Waals surface area contributed by atoms with E-state index in [4.69, 9.17) is 0 Å². The van der Waals surface area contributed by atoms with E-state index in [-0.39, 0.29) is 0 Å². The van der Waals surface area contributed by atoms with E-state index in [0.29, 0.717) is 11.1 Å². The van der Waals surface area contributed by atoms with Crippen LogP contribution in [-0.4, -0.2) is 6.04 Å². The minimum atomic E-state index is -4.45. The predicted octanol–water partition coefficient (Wildman–Crippen LogP) is 3.42. The number of nitriles is 1. The molecule has 7 heteroatoms. The van der Waals surface area contributed by atoms with Crippen molar-refractivity contribution in [3.63, 3.8) is 0 Å². The molecule has 1 saturated heterocycles. The van der Waals surface area contributed by atoms with Gasteiger partial charge in [0, 0.05) is 0 Å². The smallest absolute Gasteiger partial charge is 0.234 e. The normalized spacial score (nSPS) is 20.7. The van der Waals surface area contributed by atoms with E-state index < -0.39 is 23.8 Å². The lowest BCUT2D eigenvalue weighted by atomic mass is 9.93. The van der Waals surface area contributed by atoms with E-state index in [2.05, 4.69) is 16.4 Å². The summed E-state index contributed by atoms with van der Waals surface area (Å²) in [5.74, 6) is 0. The maximum absolute atomic E-state index is 13.1. The Morgan fingerprint density at radius 3 is 2.44 bits per heavy atom. The average molecular weight is 344 g/mol. The average Bonchev–Trinajstić information content (AvgIpc) is 3.08. The third-order valence-electron chi connectivity index (χ3n) is 3.93. The van der Waals surface area contributed by atoms with E-state index in [1.807, 2.05) is 42.5 Å². The van der Waals surface area contributed by atoms with Crippen LogP contribution in [0.25, 0.3) is 12.2 Å². The largest absolute Gasteiger partial charge is 0.416 e. The van der Waals surface area contributed by atoms with Crippen molar-refractivity contribution in [2.75, 3.05) is 0 Å². The van der Waals surface area contributed by atoms with Crippen LogP contribution in [0.4, 0.5) is 13.2 Å². The summed E-state index contributed by atoms with van der Waals surface area (Å²) >= 11 is 0. The number of benzene rings is 2. The van der Waals surface area contributed by atoms with E-state index in [1.54, 1.807) is 6.08 Å². The number of nitrogens with one attached hydrogen (secondary N) is 3. The molecule has 4 nitrogen and oxygen atoms in total. The van der Waals surface area contributed by atoms with Crippen LogP contribution in [0.2, 0.25) is 0 Å². The second-order valence-electron chi connectivity index (χ2n) is 5.58. The van der Waals surface area contributed by atoms with Gasteiger partial charge in [-0.05, 0) is 28.8 Å². The first-order valence-electron chi connectivity index (χ1n) is 7.59.